The normalized spacial score (nSPS) is 10.7. The molecule has 3 heteroatoms. The minimum atomic E-state index is -0.0794. The highest BCUT2D eigenvalue weighted by atomic mass is 16.6. The summed E-state index contributed by atoms with van der Waals surface area (Å²) in [5.41, 5.74) is 0. The van der Waals surface area contributed by atoms with Crippen molar-refractivity contribution in [1.82, 2.24) is 0 Å². The number of hydrogen-bond acceptors (Lipinski definition) is 3. The second-order valence-electron chi connectivity index (χ2n) is 5.35. The second-order valence-corrected chi connectivity index (χ2v) is 5.35. The summed E-state index contributed by atoms with van der Waals surface area (Å²) in [5.74, 6) is -0.0794. The van der Waals surface area contributed by atoms with E-state index in [1.807, 2.05) is 6.92 Å². The highest BCUT2D eigenvalue weighted by Crippen LogP contribution is 2.11. The van der Waals surface area contributed by atoms with Gasteiger partial charge in [-0.05, 0) is 13.3 Å². The van der Waals surface area contributed by atoms with Crippen LogP contribution < -0.4 is 0 Å². The predicted molar refractivity (Wildman–Crippen MR) is 83.9 cm³/mol. The summed E-state index contributed by atoms with van der Waals surface area (Å²) in [6.07, 6.45) is 13.4. The summed E-state index contributed by atoms with van der Waals surface area (Å²) >= 11 is 0. The van der Waals surface area contributed by atoms with Crippen LogP contribution in [0.1, 0.15) is 84.5 Å². The molecule has 0 bridgehead atoms. The van der Waals surface area contributed by atoms with Crippen LogP contribution in [0.3, 0.4) is 0 Å². The molecular formula is C17H34O3. The zero-order valence-corrected chi connectivity index (χ0v) is 13.6. The molecule has 0 radical (unpaired) electrons. The zero-order valence-electron chi connectivity index (χ0n) is 13.6. The van der Waals surface area contributed by atoms with Crippen LogP contribution in [0.15, 0.2) is 0 Å². The van der Waals surface area contributed by atoms with Crippen molar-refractivity contribution in [1.29, 1.82) is 0 Å². The van der Waals surface area contributed by atoms with Crippen LogP contribution >= 0.6 is 0 Å². The third-order valence-corrected chi connectivity index (χ3v) is 3.43. The predicted octanol–water partition coefficient (Wildman–Crippen LogP) is 4.88. The molecule has 0 saturated carbocycles. The van der Waals surface area contributed by atoms with Crippen molar-refractivity contribution < 1.29 is 14.3 Å². The summed E-state index contributed by atoms with van der Waals surface area (Å²) in [5, 5.41) is 0. The highest BCUT2D eigenvalue weighted by molar-refractivity contribution is 5.69. The fourth-order valence-corrected chi connectivity index (χ4v) is 2.19. The molecule has 0 aliphatic rings. The lowest BCUT2D eigenvalue weighted by Crippen LogP contribution is -2.10. The molecule has 0 fully saturated rings. The van der Waals surface area contributed by atoms with Crippen LogP contribution in [0.25, 0.3) is 0 Å². The molecule has 0 spiro atoms. The van der Waals surface area contributed by atoms with Gasteiger partial charge in [-0.25, -0.2) is 0 Å². The van der Waals surface area contributed by atoms with Gasteiger partial charge < -0.3 is 9.47 Å². The van der Waals surface area contributed by atoms with Crippen molar-refractivity contribution in [2.24, 2.45) is 0 Å². The van der Waals surface area contributed by atoms with E-state index in [9.17, 15) is 4.79 Å². The minimum Gasteiger partial charge on any atom is -0.463 e. The van der Waals surface area contributed by atoms with E-state index in [0.29, 0.717) is 26.2 Å². The molecule has 0 aromatic heterocycles. The van der Waals surface area contributed by atoms with E-state index < -0.39 is 0 Å². The second kappa shape index (κ2) is 16.5. The van der Waals surface area contributed by atoms with Crippen molar-refractivity contribution in [2.45, 2.75) is 84.5 Å². The third-order valence-electron chi connectivity index (χ3n) is 3.43. The standard InChI is InChI=1S/C17H34O3/c1-3-5-6-7-8-9-10-11-12-13-14-17(18)20-16-15-19-4-2/h3-16H2,1-2H3. The van der Waals surface area contributed by atoms with Gasteiger partial charge in [-0.3, -0.25) is 4.79 Å². The molecule has 20 heavy (non-hydrogen) atoms. The van der Waals surface area contributed by atoms with Gasteiger partial charge in [0.05, 0.1) is 6.61 Å². The Balaban J connectivity index is 3.09. The molecule has 0 saturated heterocycles. The van der Waals surface area contributed by atoms with E-state index in [1.54, 1.807) is 0 Å². The molecule has 0 unspecified atom stereocenters. The van der Waals surface area contributed by atoms with Crippen molar-refractivity contribution in [2.75, 3.05) is 19.8 Å². The minimum absolute atomic E-state index is 0.0794. The van der Waals surface area contributed by atoms with E-state index in [1.165, 1.54) is 51.4 Å². The maximum Gasteiger partial charge on any atom is 0.305 e. The van der Waals surface area contributed by atoms with Gasteiger partial charge in [-0.1, -0.05) is 64.7 Å². The summed E-state index contributed by atoms with van der Waals surface area (Å²) in [7, 11) is 0. The molecule has 3 nitrogen and oxygen atoms in total. The van der Waals surface area contributed by atoms with Gasteiger partial charge >= 0.3 is 5.97 Å². The van der Waals surface area contributed by atoms with E-state index in [2.05, 4.69) is 6.92 Å². The average molecular weight is 286 g/mol. The van der Waals surface area contributed by atoms with Crippen molar-refractivity contribution in [3.63, 3.8) is 0 Å². The molecule has 0 aromatic rings. The molecule has 0 aliphatic carbocycles. The Morgan fingerprint density at radius 2 is 1.30 bits per heavy atom. The molecule has 0 atom stereocenters. The van der Waals surface area contributed by atoms with Gasteiger partial charge in [0.1, 0.15) is 6.61 Å². The Morgan fingerprint density at radius 3 is 1.85 bits per heavy atom. The maximum absolute atomic E-state index is 11.4. The number of carbonyl (C=O) groups excluding carboxylic acids is 1. The Hall–Kier alpha value is -0.570. The fraction of sp³-hybridized carbons (Fsp3) is 0.941. The zero-order chi connectivity index (χ0) is 14.9. The monoisotopic (exact) mass is 286 g/mol. The lowest BCUT2D eigenvalue weighted by atomic mass is 10.1. The molecule has 0 N–H and O–H groups in total. The maximum atomic E-state index is 11.4. The molecule has 0 aliphatic heterocycles. The van der Waals surface area contributed by atoms with Crippen molar-refractivity contribution in [3.05, 3.63) is 0 Å². The smallest absolute Gasteiger partial charge is 0.305 e. The summed E-state index contributed by atoms with van der Waals surface area (Å²) in [4.78, 5) is 11.4. The molecular weight excluding hydrogens is 252 g/mol. The first-order valence-corrected chi connectivity index (χ1v) is 8.54. The van der Waals surface area contributed by atoms with Crippen molar-refractivity contribution >= 4 is 5.97 Å². The number of ether oxygens (including phenoxy) is 2. The topological polar surface area (TPSA) is 35.5 Å². The lowest BCUT2D eigenvalue weighted by Gasteiger charge is -2.05. The number of rotatable bonds is 15. The highest BCUT2D eigenvalue weighted by Gasteiger charge is 2.02. The first-order chi connectivity index (χ1) is 9.81. The van der Waals surface area contributed by atoms with E-state index in [4.69, 9.17) is 9.47 Å². The first kappa shape index (κ1) is 19.4. The first-order valence-electron chi connectivity index (χ1n) is 8.54. The van der Waals surface area contributed by atoms with Gasteiger partial charge in [-0.15, -0.1) is 0 Å². The Kier molecular flexibility index (Phi) is 16.0. The van der Waals surface area contributed by atoms with Crippen LogP contribution in [0, 0.1) is 0 Å². The van der Waals surface area contributed by atoms with Crippen LogP contribution in [0.2, 0.25) is 0 Å². The van der Waals surface area contributed by atoms with Gasteiger partial charge in [0, 0.05) is 13.0 Å². The third kappa shape index (κ3) is 15.5. The SMILES string of the molecule is CCCCCCCCCCCCC(=O)OCCOCC. The van der Waals surface area contributed by atoms with Crippen molar-refractivity contribution in [3.8, 4) is 0 Å². The van der Waals surface area contributed by atoms with Crippen LogP contribution in [0.5, 0.6) is 0 Å². The Labute approximate surface area is 125 Å². The Morgan fingerprint density at radius 1 is 0.750 bits per heavy atom. The van der Waals surface area contributed by atoms with Gasteiger partial charge in [0.2, 0.25) is 0 Å². The number of carbonyl (C=O) groups is 1. The van der Waals surface area contributed by atoms with E-state index >= 15 is 0 Å². The largest absolute Gasteiger partial charge is 0.463 e. The van der Waals surface area contributed by atoms with Crippen LogP contribution in [-0.2, 0) is 14.3 Å². The van der Waals surface area contributed by atoms with Gasteiger partial charge in [0.25, 0.3) is 0 Å². The molecule has 0 heterocycles. The fourth-order valence-electron chi connectivity index (χ4n) is 2.19. The van der Waals surface area contributed by atoms with Crippen LogP contribution in [0.4, 0.5) is 0 Å². The Bertz CT molecular complexity index is 204. The number of esters is 1. The number of hydrogen-bond donors (Lipinski definition) is 0. The molecule has 120 valence electrons. The van der Waals surface area contributed by atoms with Crippen LogP contribution in [-0.4, -0.2) is 25.8 Å². The van der Waals surface area contributed by atoms with E-state index in [0.717, 1.165) is 12.8 Å². The van der Waals surface area contributed by atoms with Gasteiger partial charge in [0.15, 0.2) is 0 Å². The number of unbranched alkanes of at least 4 members (excludes halogenated alkanes) is 9. The average Bonchev–Trinajstić information content (AvgIpc) is 2.45. The molecule has 0 aromatic carbocycles. The summed E-state index contributed by atoms with van der Waals surface area (Å²) in [6.45, 7) is 5.77. The summed E-state index contributed by atoms with van der Waals surface area (Å²) < 4.78 is 10.2. The lowest BCUT2D eigenvalue weighted by molar-refractivity contribution is -0.145. The van der Waals surface area contributed by atoms with E-state index in [-0.39, 0.29) is 5.97 Å². The summed E-state index contributed by atoms with van der Waals surface area (Å²) in [6, 6.07) is 0. The quantitative estimate of drug-likeness (QED) is 0.318. The molecule has 0 amide bonds. The van der Waals surface area contributed by atoms with Gasteiger partial charge in [-0.2, -0.15) is 0 Å². The molecule has 0 rings (SSSR count).